The SMILES string of the molecule is OCc1cc(F)cnc1-c1ccccc1OC(F)(F)F. The van der Waals surface area contributed by atoms with Crippen molar-refractivity contribution in [3.05, 3.63) is 47.9 Å². The van der Waals surface area contributed by atoms with Crippen LogP contribution in [0.3, 0.4) is 0 Å². The fourth-order valence-corrected chi connectivity index (χ4v) is 1.72. The highest BCUT2D eigenvalue weighted by atomic mass is 19.4. The summed E-state index contributed by atoms with van der Waals surface area (Å²) in [5.74, 6) is -1.15. The van der Waals surface area contributed by atoms with E-state index in [2.05, 4.69) is 9.72 Å². The van der Waals surface area contributed by atoms with Crippen molar-refractivity contribution in [3.63, 3.8) is 0 Å². The van der Waals surface area contributed by atoms with Gasteiger partial charge in [-0.05, 0) is 18.2 Å². The number of nitrogens with zero attached hydrogens (tertiary/aromatic N) is 1. The Morgan fingerprint density at radius 2 is 1.90 bits per heavy atom. The lowest BCUT2D eigenvalue weighted by atomic mass is 10.1. The van der Waals surface area contributed by atoms with Crippen LogP contribution >= 0.6 is 0 Å². The topological polar surface area (TPSA) is 42.4 Å². The second-order valence-corrected chi connectivity index (χ2v) is 3.86. The van der Waals surface area contributed by atoms with Gasteiger partial charge in [-0.3, -0.25) is 4.98 Å². The highest BCUT2D eigenvalue weighted by Crippen LogP contribution is 2.34. The first-order valence-corrected chi connectivity index (χ1v) is 5.51. The lowest BCUT2D eigenvalue weighted by Crippen LogP contribution is -2.17. The third-order valence-corrected chi connectivity index (χ3v) is 2.47. The molecule has 0 saturated carbocycles. The van der Waals surface area contributed by atoms with Crippen molar-refractivity contribution in [2.75, 3.05) is 0 Å². The zero-order valence-corrected chi connectivity index (χ0v) is 9.99. The van der Waals surface area contributed by atoms with Crippen LogP contribution in [0.25, 0.3) is 11.3 Å². The van der Waals surface area contributed by atoms with Crippen LogP contribution in [0.5, 0.6) is 5.75 Å². The summed E-state index contributed by atoms with van der Waals surface area (Å²) < 4.78 is 53.9. The Balaban J connectivity index is 2.53. The van der Waals surface area contributed by atoms with Gasteiger partial charge in [-0.15, -0.1) is 13.2 Å². The Hall–Kier alpha value is -2.15. The van der Waals surface area contributed by atoms with Gasteiger partial charge in [-0.25, -0.2) is 4.39 Å². The molecule has 0 spiro atoms. The normalized spacial score (nSPS) is 11.4. The average Bonchev–Trinajstić information content (AvgIpc) is 2.38. The minimum absolute atomic E-state index is 0.0221. The number of ether oxygens (including phenoxy) is 1. The number of pyridine rings is 1. The monoisotopic (exact) mass is 287 g/mol. The molecular weight excluding hydrogens is 278 g/mol. The van der Waals surface area contributed by atoms with Gasteiger partial charge in [0.25, 0.3) is 0 Å². The molecule has 1 N–H and O–H groups in total. The van der Waals surface area contributed by atoms with E-state index >= 15 is 0 Å². The number of benzene rings is 1. The van der Waals surface area contributed by atoms with Crippen LogP contribution < -0.4 is 4.74 Å². The molecule has 106 valence electrons. The number of alkyl halides is 3. The zero-order chi connectivity index (χ0) is 14.8. The van der Waals surface area contributed by atoms with Crippen LogP contribution in [0.2, 0.25) is 0 Å². The van der Waals surface area contributed by atoms with E-state index in [0.29, 0.717) is 0 Å². The molecule has 0 aliphatic heterocycles. The molecule has 0 aliphatic rings. The summed E-state index contributed by atoms with van der Waals surface area (Å²) in [5.41, 5.74) is 0.130. The molecule has 1 heterocycles. The largest absolute Gasteiger partial charge is 0.573 e. The van der Waals surface area contributed by atoms with Crippen LogP contribution in [-0.2, 0) is 6.61 Å². The molecular formula is C13H9F4NO2. The molecule has 20 heavy (non-hydrogen) atoms. The first-order valence-electron chi connectivity index (χ1n) is 5.51. The lowest BCUT2D eigenvalue weighted by Gasteiger charge is -2.14. The lowest BCUT2D eigenvalue weighted by molar-refractivity contribution is -0.274. The molecule has 2 aromatic rings. The van der Waals surface area contributed by atoms with Crippen molar-refractivity contribution in [2.45, 2.75) is 13.0 Å². The molecule has 7 heteroatoms. The number of rotatable bonds is 3. The maximum atomic E-state index is 13.0. The van der Waals surface area contributed by atoms with Crippen LogP contribution in [0.15, 0.2) is 36.5 Å². The molecule has 1 aromatic carbocycles. The summed E-state index contributed by atoms with van der Waals surface area (Å²) in [6.07, 6.45) is -3.99. The van der Waals surface area contributed by atoms with Crippen molar-refractivity contribution in [3.8, 4) is 17.0 Å². The standard InChI is InChI=1S/C13H9F4NO2/c14-9-5-8(7-19)12(18-6-9)10-3-1-2-4-11(10)20-13(15,16)17/h1-6,19H,7H2. The quantitative estimate of drug-likeness (QED) is 0.881. The second-order valence-electron chi connectivity index (χ2n) is 3.86. The van der Waals surface area contributed by atoms with Crippen molar-refractivity contribution in [1.29, 1.82) is 0 Å². The van der Waals surface area contributed by atoms with Gasteiger partial charge < -0.3 is 9.84 Å². The Labute approximate surface area is 111 Å². The number of aliphatic hydroxyl groups is 1. The predicted molar refractivity (Wildman–Crippen MR) is 62.2 cm³/mol. The molecule has 0 unspecified atom stereocenters. The summed E-state index contributed by atoms with van der Waals surface area (Å²) >= 11 is 0. The summed E-state index contributed by atoms with van der Waals surface area (Å²) in [6, 6.07) is 6.33. The number of aromatic nitrogens is 1. The number of hydrogen-bond donors (Lipinski definition) is 1. The molecule has 0 atom stereocenters. The van der Waals surface area contributed by atoms with E-state index < -0.39 is 24.5 Å². The third kappa shape index (κ3) is 3.24. The summed E-state index contributed by atoms with van der Waals surface area (Å²) in [4.78, 5) is 3.73. The zero-order valence-electron chi connectivity index (χ0n) is 9.99. The van der Waals surface area contributed by atoms with Crippen LogP contribution in [0.4, 0.5) is 17.6 Å². The number of halogens is 4. The van der Waals surface area contributed by atoms with Gasteiger partial charge in [-0.1, -0.05) is 12.1 Å². The minimum Gasteiger partial charge on any atom is -0.405 e. The van der Waals surface area contributed by atoms with E-state index in [1.807, 2.05) is 0 Å². The van der Waals surface area contributed by atoms with Crippen molar-refractivity contribution >= 4 is 0 Å². The fraction of sp³-hybridized carbons (Fsp3) is 0.154. The molecule has 1 aromatic heterocycles. The van der Waals surface area contributed by atoms with Gasteiger partial charge in [0.2, 0.25) is 0 Å². The van der Waals surface area contributed by atoms with Crippen LogP contribution in [0, 0.1) is 5.82 Å². The number of aliphatic hydroxyl groups excluding tert-OH is 1. The Bertz CT molecular complexity index is 614. The smallest absolute Gasteiger partial charge is 0.405 e. The highest BCUT2D eigenvalue weighted by molar-refractivity contribution is 5.69. The van der Waals surface area contributed by atoms with Gasteiger partial charge in [0.15, 0.2) is 0 Å². The summed E-state index contributed by atoms with van der Waals surface area (Å²) in [5, 5.41) is 9.16. The Morgan fingerprint density at radius 3 is 2.55 bits per heavy atom. The van der Waals surface area contributed by atoms with E-state index in [9.17, 15) is 17.6 Å². The first-order chi connectivity index (χ1) is 9.40. The molecule has 0 bridgehead atoms. The molecule has 0 aliphatic carbocycles. The van der Waals surface area contributed by atoms with Crippen LogP contribution in [-0.4, -0.2) is 16.5 Å². The van der Waals surface area contributed by atoms with Gasteiger partial charge >= 0.3 is 6.36 Å². The molecule has 0 radical (unpaired) electrons. The van der Waals surface area contributed by atoms with Gasteiger partial charge in [0.1, 0.15) is 11.6 Å². The number of hydrogen-bond acceptors (Lipinski definition) is 3. The molecule has 0 fully saturated rings. The van der Waals surface area contributed by atoms with Crippen molar-refractivity contribution in [1.82, 2.24) is 4.98 Å². The Kier molecular flexibility index (Phi) is 3.89. The van der Waals surface area contributed by atoms with Crippen LogP contribution in [0.1, 0.15) is 5.56 Å². The molecule has 2 rings (SSSR count). The molecule has 3 nitrogen and oxygen atoms in total. The van der Waals surface area contributed by atoms with E-state index in [4.69, 9.17) is 5.11 Å². The van der Waals surface area contributed by atoms with Gasteiger partial charge in [-0.2, -0.15) is 0 Å². The minimum atomic E-state index is -4.85. The predicted octanol–water partition coefficient (Wildman–Crippen LogP) is 3.28. The third-order valence-electron chi connectivity index (χ3n) is 2.47. The van der Waals surface area contributed by atoms with E-state index in [-0.39, 0.29) is 16.8 Å². The van der Waals surface area contributed by atoms with Crippen molar-refractivity contribution < 1.29 is 27.4 Å². The maximum Gasteiger partial charge on any atom is 0.573 e. The van der Waals surface area contributed by atoms with Gasteiger partial charge in [0, 0.05) is 11.1 Å². The van der Waals surface area contributed by atoms with E-state index in [1.54, 1.807) is 0 Å². The highest BCUT2D eigenvalue weighted by Gasteiger charge is 2.32. The fourth-order valence-electron chi connectivity index (χ4n) is 1.72. The van der Waals surface area contributed by atoms with Crippen molar-refractivity contribution in [2.24, 2.45) is 0 Å². The maximum absolute atomic E-state index is 13.0. The Morgan fingerprint density at radius 1 is 1.20 bits per heavy atom. The molecule has 0 amide bonds. The summed E-state index contributed by atoms with van der Waals surface area (Å²) in [6.45, 7) is -0.555. The second kappa shape index (κ2) is 5.46. The van der Waals surface area contributed by atoms with E-state index in [0.717, 1.165) is 18.3 Å². The van der Waals surface area contributed by atoms with E-state index in [1.165, 1.54) is 18.2 Å². The van der Waals surface area contributed by atoms with Gasteiger partial charge in [0.05, 0.1) is 18.5 Å². The molecule has 0 saturated heterocycles. The average molecular weight is 287 g/mol. The number of para-hydroxylation sites is 1. The summed E-state index contributed by atoms with van der Waals surface area (Å²) in [7, 11) is 0. The first kappa shape index (κ1) is 14.3.